The Morgan fingerprint density at radius 3 is 2.83 bits per heavy atom. The first-order valence-corrected chi connectivity index (χ1v) is 3.27. The number of benzene rings is 1. The van der Waals surface area contributed by atoms with Gasteiger partial charge in [0.15, 0.2) is 0 Å². The van der Waals surface area contributed by atoms with Crippen LogP contribution in [0.3, 0.4) is 0 Å². The molecule has 1 N–H and O–H groups in total. The number of aromatic nitrogens is 2. The summed E-state index contributed by atoms with van der Waals surface area (Å²) in [7, 11) is 3.30. The minimum absolute atomic E-state index is 0. The average Bonchev–Trinajstić information content (AvgIpc) is 2.47. The molecule has 0 aliphatic heterocycles. The van der Waals surface area contributed by atoms with Crippen molar-refractivity contribution < 1.29 is 21.5 Å². The van der Waals surface area contributed by atoms with E-state index < -0.39 is 0 Å². The molecule has 4 heteroatoms. The van der Waals surface area contributed by atoms with Gasteiger partial charge in [-0.1, -0.05) is 12.1 Å². The maximum absolute atomic E-state index is 4.78. The van der Waals surface area contributed by atoms with Crippen LogP contribution in [0.2, 0.25) is 0 Å². The molecule has 0 spiro atoms. The molecule has 65 valence electrons. The fourth-order valence-electron chi connectivity index (χ4n) is 1.05. The van der Waals surface area contributed by atoms with Gasteiger partial charge in [-0.05, 0) is 12.1 Å². The van der Waals surface area contributed by atoms with E-state index in [0.717, 1.165) is 10.9 Å². The summed E-state index contributed by atoms with van der Waals surface area (Å²) < 4.78 is 4.78. The molecule has 0 bridgehead atoms. The van der Waals surface area contributed by atoms with E-state index in [0.29, 0.717) is 5.88 Å². The van der Waals surface area contributed by atoms with E-state index in [4.69, 9.17) is 4.74 Å². The van der Waals surface area contributed by atoms with Crippen molar-refractivity contribution in [1.29, 1.82) is 0 Å². The van der Waals surface area contributed by atoms with Crippen molar-refractivity contribution in [3.05, 3.63) is 31.4 Å². The quantitative estimate of drug-likeness (QED) is 0.721. The summed E-state index contributed by atoms with van der Waals surface area (Å²) in [6, 6.07) is 7.73. The molecule has 1 aromatic heterocycles. The van der Waals surface area contributed by atoms with Gasteiger partial charge < -0.3 is 4.74 Å². The van der Waals surface area contributed by atoms with Gasteiger partial charge in [0.1, 0.15) is 0 Å². The van der Waals surface area contributed by atoms with Crippen molar-refractivity contribution in [1.82, 2.24) is 10.2 Å². The maximum Gasteiger partial charge on any atom is 0.208 e. The number of hydrogen-bond donors (Lipinski definition) is 1. The van der Waals surface area contributed by atoms with Crippen molar-refractivity contribution in [2.24, 2.45) is 0 Å². The Kier molecular flexibility index (Phi) is 2.72. The van der Waals surface area contributed by atoms with Crippen molar-refractivity contribution in [3.63, 3.8) is 0 Å². The third-order valence-corrected chi connectivity index (χ3v) is 1.57. The van der Waals surface area contributed by atoms with E-state index in [9.17, 15) is 0 Å². The molecule has 2 aromatic rings. The molecule has 1 heterocycles. The third kappa shape index (κ3) is 1.30. The molecule has 1 aromatic carbocycles. The van der Waals surface area contributed by atoms with E-state index in [-0.39, 0.29) is 16.8 Å². The molecular weight excluding hydrogens is 199 g/mol. The topological polar surface area (TPSA) is 37.9 Å². The third-order valence-electron chi connectivity index (χ3n) is 1.57. The summed E-state index contributed by atoms with van der Waals surface area (Å²) in [6.45, 7) is 0. The Labute approximate surface area is 80.3 Å². The van der Waals surface area contributed by atoms with E-state index >= 15 is 0 Å². The monoisotopic (exact) mass is 206 g/mol. The zero-order chi connectivity index (χ0) is 7.68. The summed E-state index contributed by atoms with van der Waals surface area (Å²) in [5.74, 6) is 0.542. The normalized spacial score (nSPS) is 9.42. The van der Waals surface area contributed by atoms with Gasteiger partial charge in [-0.2, -0.15) is 7.11 Å². The number of para-hydroxylation sites is 1. The molecule has 0 unspecified atom stereocenters. The molecule has 0 atom stereocenters. The summed E-state index contributed by atoms with van der Waals surface area (Å²) in [5.41, 5.74) is 0.964. The Morgan fingerprint density at radius 1 is 1.33 bits per heavy atom. The second-order valence-corrected chi connectivity index (χ2v) is 2.22. The number of fused-ring (bicyclic) bond motifs is 1. The fraction of sp³-hybridized carbons (Fsp3) is 0. The first kappa shape index (κ1) is 9.09. The summed E-state index contributed by atoms with van der Waals surface area (Å²) in [6.07, 6.45) is 0. The number of H-pyrrole nitrogens is 1. The minimum atomic E-state index is 0. The van der Waals surface area contributed by atoms with Crippen LogP contribution in [0.4, 0.5) is 0 Å². The van der Waals surface area contributed by atoms with Crippen molar-refractivity contribution >= 4 is 10.9 Å². The molecule has 0 aliphatic rings. The Morgan fingerprint density at radius 2 is 2.08 bits per heavy atom. The van der Waals surface area contributed by atoms with Gasteiger partial charge in [-0.3, -0.25) is 5.10 Å². The van der Waals surface area contributed by atoms with E-state index in [2.05, 4.69) is 17.3 Å². The standard InChI is InChI=1S/C8H7N2O.Co/c1-11-8-6-4-2-3-5-7(6)9-10-8;/h2-5H,1H2,(H,9,10);/q-1;. The van der Waals surface area contributed by atoms with E-state index in [1.54, 1.807) is 0 Å². The molecule has 0 fully saturated rings. The van der Waals surface area contributed by atoms with Crippen LogP contribution in [0.25, 0.3) is 10.9 Å². The van der Waals surface area contributed by atoms with Gasteiger partial charge in [-0.25, -0.2) is 0 Å². The van der Waals surface area contributed by atoms with Gasteiger partial charge in [0.2, 0.25) is 5.88 Å². The summed E-state index contributed by atoms with van der Waals surface area (Å²) >= 11 is 0. The second-order valence-electron chi connectivity index (χ2n) is 2.22. The number of hydrogen-bond acceptors (Lipinski definition) is 2. The van der Waals surface area contributed by atoms with Crippen LogP contribution in [-0.2, 0) is 16.8 Å². The second kappa shape index (κ2) is 3.60. The van der Waals surface area contributed by atoms with Crippen LogP contribution < -0.4 is 4.74 Å². The van der Waals surface area contributed by atoms with Gasteiger partial charge >= 0.3 is 0 Å². The van der Waals surface area contributed by atoms with Crippen LogP contribution in [0.5, 0.6) is 5.88 Å². The molecular formula is C8H7CoN2O-. The Balaban J connectivity index is 0.000000720. The molecule has 2 rings (SSSR count). The minimum Gasteiger partial charge on any atom is -0.651 e. The Bertz CT molecular complexity index is 372. The maximum atomic E-state index is 4.78. The molecule has 3 nitrogen and oxygen atoms in total. The molecule has 1 radical (unpaired) electrons. The van der Waals surface area contributed by atoms with Crippen molar-refractivity contribution in [2.45, 2.75) is 0 Å². The number of ether oxygens (including phenoxy) is 1. The van der Waals surface area contributed by atoms with Gasteiger partial charge in [0, 0.05) is 16.8 Å². The van der Waals surface area contributed by atoms with E-state index in [1.165, 1.54) is 0 Å². The first-order chi connectivity index (χ1) is 5.42. The van der Waals surface area contributed by atoms with Crippen LogP contribution in [-0.4, -0.2) is 10.2 Å². The van der Waals surface area contributed by atoms with Gasteiger partial charge in [-0.15, -0.1) is 5.10 Å². The SMILES string of the molecule is [CH2-]Oc1n[nH]c2ccccc12.[Co]. The predicted molar refractivity (Wildman–Crippen MR) is 42.1 cm³/mol. The molecule has 0 amide bonds. The number of rotatable bonds is 1. The molecule has 0 saturated heterocycles. The zero-order valence-electron chi connectivity index (χ0n) is 6.21. The van der Waals surface area contributed by atoms with Crippen LogP contribution in [0, 0.1) is 7.11 Å². The van der Waals surface area contributed by atoms with Crippen molar-refractivity contribution in [2.75, 3.05) is 0 Å². The summed E-state index contributed by atoms with van der Waals surface area (Å²) in [5, 5.41) is 7.69. The van der Waals surface area contributed by atoms with Crippen LogP contribution >= 0.6 is 0 Å². The van der Waals surface area contributed by atoms with Gasteiger partial charge in [0.05, 0.1) is 10.9 Å². The van der Waals surface area contributed by atoms with Crippen LogP contribution in [0.15, 0.2) is 24.3 Å². The van der Waals surface area contributed by atoms with E-state index in [1.807, 2.05) is 24.3 Å². The fourth-order valence-corrected chi connectivity index (χ4v) is 1.05. The zero-order valence-corrected chi connectivity index (χ0v) is 7.25. The Hall–Kier alpha value is -1.00. The number of nitrogens with one attached hydrogen (secondary N) is 1. The molecule has 0 aliphatic carbocycles. The number of aromatic amines is 1. The average molecular weight is 206 g/mol. The van der Waals surface area contributed by atoms with Crippen molar-refractivity contribution in [3.8, 4) is 5.88 Å². The van der Waals surface area contributed by atoms with Crippen LogP contribution in [0.1, 0.15) is 0 Å². The summed E-state index contributed by atoms with van der Waals surface area (Å²) in [4.78, 5) is 0. The molecule has 12 heavy (non-hydrogen) atoms. The van der Waals surface area contributed by atoms with Gasteiger partial charge in [0.25, 0.3) is 0 Å². The number of nitrogens with zero attached hydrogens (tertiary/aromatic N) is 1. The predicted octanol–water partition coefficient (Wildman–Crippen LogP) is 1.73. The molecule has 0 saturated carbocycles. The largest absolute Gasteiger partial charge is 0.651 e. The first-order valence-electron chi connectivity index (χ1n) is 3.27. The smallest absolute Gasteiger partial charge is 0.208 e.